The summed E-state index contributed by atoms with van der Waals surface area (Å²) in [6, 6.07) is 5.30. The average molecular weight is 182 g/mol. The molecule has 0 aromatic heterocycles. The number of hydrogen-bond donors (Lipinski definition) is 4. The Morgan fingerprint density at radius 2 is 2.00 bits per heavy atom. The molecule has 72 valence electrons. The van der Waals surface area contributed by atoms with Crippen molar-refractivity contribution in [3.8, 4) is 0 Å². The Kier molecular flexibility index (Phi) is 2.45. The molecule has 1 rings (SSSR count). The van der Waals surface area contributed by atoms with E-state index in [2.05, 4.69) is 5.32 Å². The molecule has 0 fully saturated rings. The highest BCUT2D eigenvalue weighted by molar-refractivity contribution is 5.67. The van der Waals surface area contributed by atoms with Crippen LogP contribution in [0.4, 0.5) is 11.4 Å². The minimum Gasteiger partial charge on any atom is -0.397 e. The third kappa shape index (κ3) is 2.93. The van der Waals surface area contributed by atoms with E-state index in [4.69, 9.17) is 15.9 Å². The molecule has 0 aliphatic heterocycles. The second kappa shape index (κ2) is 3.24. The molecule has 0 aliphatic rings. The molecule has 4 heteroatoms. The smallest absolute Gasteiger partial charge is 0.241 e. The average Bonchev–Trinajstić information content (AvgIpc) is 1.93. The zero-order chi connectivity index (χ0) is 10.1. The van der Waals surface area contributed by atoms with Crippen molar-refractivity contribution >= 4 is 11.4 Å². The Balaban J connectivity index is 2.90. The molecule has 13 heavy (non-hydrogen) atoms. The first-order valence-electron chi connectivity index (χ1n) is 3.97. The summed E-state index contributed by atoms with van der Waals surface area (Å²) >= 11 is 0. The van der Waals surface area contributed by atoms with E-state index in [1.807, 2.05) is 13.0 Å². The maximum atomic E-state index is 9.05. The molecule has 0 spiro atoms. The van der Waals surface area contributed by atoms with Gasteiger partial charge < -0.3 is 21.3 Å². The molecule has 0 saturated carbocycles. The van der Waals surface area contributed by atoms with Crippen molar-refractivity contribution in [3.05, 3.63) is 23.8 Å². The van der Waals surface area contributed by atoms with Crippen LogP contribution < -0.4 is 11.1 Å². The van der Waals surface area contributed by atoms with Crippen LogP contribution in [-0.2, 0) is 0 Å². The van der Waals surface area contributed by atoms with Gasteiger partial charge in [-0.3, -0.25) is 0 Å². The summed E-state index contributed by atoms with van der Waals surface area (Å²) in [5.74, 6) is -1.94. The molecule has 0 saturated heterocycles. The summed E-state index contributed by atoms with van der Waals surface area (Å²) in [6.45, 7) is 3.14. The van der Waals surface area contributed by atoms with E-state index < -0.39 is 5.91 Å². The van der Waals surface area contributed by atoms with Gasteiger partial charge in [0.15, 0.2) is 0 Å². The van der Waals surface area contributed by atoms with E-state index >= 15 is 0 Å². The van der Waals surface area contributed by atoms with Gasteiger partial charge in [0.25, 0.3) is 0 Å². The number of nitrogens with two attached hydrogens (primary N) is 1. The van der Waals surface area contributed by atoms with Crippen molar-refractivity contribution in [2.45, 2.75) is 19.8 Å². The van der Waals surface area contributed by atoms with Crippen LogP contribution in [0.3, 0.4) is 0 Å². The Morgan fingerprint density at radius 3 is 2.46 bits per heavy atom. The molecular weight excluding hydrogens is 168 g/mol. The van der Waals surface area contributed by atoms with E-state index in [1.54, 1.807) is 12.1 Å². The van der Waals surface area contributed by atoms with Gasteiger partial charge in [0.2, 0.25) is 5.91 Å². The van der Waals surface area contributed by atoms with Crippen molar-refractivity contribution in [1.29, 1.82) is 0 Å². The highest BCUT2D eigenvalue weighted by Crippen LogP contribution is 2.21. The quantitative estimate of drug-likeness (QED) is 0.400. The Labute approximate surface area is 77.0 Å². The van der Waals surface area contributed by atoms with Gasteiger partial charge in [-0.15, -0.1) is 0 Å². The van der Waals surface area contributed by atoms with Crippen molar-refractivity contribution in [2.24, 2.45) is 0 Å². The first kappa shape index (κ1) is 9.83. The molecule has 0 bridgehead atoms. The van der Waals surface area contributed by atoms with Crippen molar-refractivity contribution in [3.63, 3.8) is 0 Å². The molecular formula is C9H14N2O2. The zero-order valence-electron chi connectivity index (χ0n) is 7.70. The molecule has 0 radical (unpaired) electrons. The second-order valence-electron chi connectivity index (χ2n) is 3.24. The summed E-state index contributed by atoms with van der Waals surface area (Å²) in [5.41, 5.74) is 7.68. The predicted octanol–water partition coefficient (Wildman–Crippen LogP) is 0.647. The fourth-order valence-corrected chi connectivity index (χ4v) is 1.05. The van der Waals surface area contributed by atoms with Gasteiger partial charge in [-0.05, 0) is 24.6 Å². The molecule has 0 atom stereocenters. The third-order valence-electron chi connectivity index (χ3n) is 1.58. The summed E-state index contributed by atoms with van der Waals surface area (Å²) < 4.78 is 0. The number of benzene rings is 1. The number of aryl methyl sites for hydroxylation is 1. The third-order valence-corrected chi connectivity index (χ3v) is 1.58. The Bertz CT molecular complexity index is 305. The van der Waals surface area contributed by atoms with Crippen LogP contribution in [0.5, 0.6) is 0 Å². The molecule has 1 aromatic rings. The monoisotopic (exact) mass is 182 g/mol. The lowest BCUT2D eigenvalue weighted by atomic mass is 10.2. The molecule has 0 amide bonds. The van der Waals surface area contributed by atoms with Crippen LogP contribution >= 0.6 is 0 Å². The SMILES string of the molecule is Cc1ccc(NC(C)(O)O)c(N)c1. The van der Waals surface area contributed by atoms with Crippen LogP contribution in [0.15, 0.2) is 18.2 Å². The first-order chi connectivity index (χ1) is 5.88. The predicted molar refractivity (Wildman–Crippen MR) is 52.1 cm³/mol. The normalized spacial score (nSPS) is 11.4. The molecule has 5 N–H and O–H groups in total. The standard InChI is InChI=1S/C9H14N2O2/c1-6-3-4-8(7(10)5-6)11-9(2,12)13/h3-5,11-13H,10H2,1-2H3. The molecule has 4 nitrogen and oxygen atoms in total. The Hall–Kier alpha value is -1.26. The summed E-state index contributed by atoms with van der Waals surface area (Å²) in [4.78, 5) is 0. The maximum Gasteiger partial charge on any atom is 0.241 e. The van der Waals surface area contributed by atoms with Gasteiger partial charge in [-0.2, -0.15) is 0 Å². The highest BCUT2D eigenvalue weighted by atomic mass is 16.5. The highest BCUT2D eigenvalue weighted by Gasteiger charge is 2.15. The largest absolute Gasteiger partial charge is 0.397 e. The summed E-state index contributed by atoms with van der Waals surface area (Å²) in [7, 11) is 0. The van der Waals surface area contributed by atoms with Crippen LogP contribution in [0.1, 0.15) is 12.5 Å². The van der Waals surface area contributed by atoms with Gasteiger partial charge in [-0.25, -0.2) is 0 Å². The van der Waals surface area contributed by atoms with Crippen LogP contribution in [0.2, 0.25) is 0 Å². The second-order valence-corrected chi connectivity index (χ2v) is 3.24. The van der Waals surface area contributed by atoms with E-state index in [-0.39, 0.29) is 0 Å². The lowest BCUT2D eigenvalue weighted by molar-refractivity contribution is -0.118. The first-order valence-corrected chi connectivity index (χ1v) is 3.97. The summed E-state index contributed by atoms with van der Waals surface area (Å²) in [5, 5.41) is 20.6. The number of nitrogen functional groups attached to an aromatic ring is 1. The van der Waals surface area contributed by atoms with Crippen molar-refractivity contribution in [2.75, 3.05) is 11.1 Å². The number of hydrogen-bond acceptors (Lipinski definition) is 4. The van der Waals surface area contributed by atoms with E-state index in [0.29, 0.717) is 11.4 Å². The minimum absolute atomic E-state index is 0.495. The van der Waals surface area contributed by atoms with Crippen LogP contribution in [0, 0.1) is 6.92 Å². The van der Waals surface area contributed by atoms with Gasteiger partial charge in [-0.1, -0.05) is 6.07 Å². The van der Waals surface area contributed by atoms with Gasteiger partial charge in [0.05, 0.1) is 11.4 Å². The number of aliphatic hydroxyl groups is 2. The topological polar surface area (TPSA) is 78.5 Å². The van der Waals surface area contributed by atoms with Crippen molar-refractivity contribution < 1.29 is 10.2 Å². The zero-order valence-corrected chi connectivity index (χ0v) is 7.70. The number of nitrogens with one attached hydrogen (secondary N) is 1. The maximum absolute atomic E-state index is 9.05. The van der Waals surface area contributed by atoms with Crippen LogP contribution in [-0.4, -0.2) is 16.1 Å². The van der Waals surface area contributed by atoms with Crippen LogP contribution in [0.25, 0.3) is 0 Å². The fraction of sp³-hybridized carbons (Fsp3) is 0.333. The molecule has 0 unspecified atom stereocenters. The minimum atomic E-state index is -1.94. The van der Waals surface area contributed by atoms with E-state index in [1.165, 1.54) is 6.92 Å². The molecule has 1 aromatic carbocycles. The van der Waals surface area contributed by atoms with E-state index in [9.17, 15) is 0 Å². The van der Waals surface area contributed by atoms with Gasteiger partial charge >= 0.3 is 0 Å². The number of rotatable bonds is 2. The fourth-order valence-electron chi connectivity index (χ4n) is 1.05. The van der Waals surface area contributed by atoms with Gasteiger partial charge in [0.1, 0.15) is 0 Å². The summed E-state index contributed by atoms with van der Waals surface area (Å²) in [6.07, 6.45) is 0. The van der Waals surface area contributed by atoms with Crippen molar-refractivity contribution in [1.82, 2.24) is 0 Å². The number of anilines is 2. The van der Waals surface area contributed by atoms with Gasteiger partial charge in [0, 0.05) is 6.92 Å². The molecule has 0 heterocycles. The lowest BCUT2D eigenvalue weighted by Gasteiger charge is -2.20. The van der Waals surface area contributed by atoms with E-state index in [0.717, 1.165) is 5.56 Å². The Morgan fingerprint density at radius 1 is 1.38 bits per heavy atom. The lowest BCUT2D eigenvalue weighted by Crippen LogP contribution is -2.33. The molecule has 0 aliphatic carbocycles.